The van der Waals surface area contributed by atoms with Crippen LogP contribution in [0.1, 0.15) is 79.1 Å². The molecule has 3 saturated carbocycles. The Hall–Kier alpha value is -1.28. The third-order valence-corrected chi connectivity index (χ3v) is 17.4. The highest BCUT2D eigenvalue weighted by Gasteiger charge is 2.70. The van der Waals surface area contributed by atoms with Gasteiger partial charge in [0.25, 0.3) is 0 Å². The zero-order valence-electron chi connectivity index (χ0n) is 38.0. The summed E-state index contributed by atoms with van der Waals surface area (Å²) in [7, 11) is 1.65. The third kappa shape index (κ3) is 8.63. The predicted octanol–water partition coefficient (Wildman–Crippen LogP) is -1.29. The summed E-state index contributed by atoms with van der Waals surface area (Å²) in [6, 6.07) is 0. The molecule has 0 spiro atoms. The lowest BCUT2D eigenvalue weighted by molar-refractivity contribution is -0.369. The number of allylic oxidation sites excluding steroid dienone is 1. The van der Waals surface area contributed by atoms with Gasteiger partial charge in [-0.1, -0.05) is 44.6 Å². The van der Waals surface area contributed by atoms with E-state index in [-0.39, 0.29) is 53.1 Å². The van der Waals surface area contributed by atoms with E-state index in [1.54, 1.807) is 7.11 Å². The Kier molecular flexibility index (Phi) is 14.8. The Morgan fingerprint density at radius 3 is 2.11 bits per heavy atom. The van der Waals surface area contributed by atoms with Crippen molar-refractivity contribution in [1.29, 1.82) is 0 Å². The zero-order valence-corrected chi connectivity index (χ0v) is 38.0. The second-order valence-electron chi connectivity index (χ2n) is 20.9. The lowest BCUT2D eigenvalue weighted by Crippen LogP contribution is -2.64. The predicted molar refractivity (Wildman–Crippen MR) is 224 cm³/mol. The van der Waals surface area contributed by atoms with E-state index in [2.05, 4.69) is 33.4 Å². The van der Waals surface area contributed by atoms with E-state index in [0.717, 1.165) is 12.8 Å². The number of hydrogen-bond donors (Lipinski definition) is 11. The molecule has 19 nitrogen and oxygen atoms in total. The van der Waals surface area contributed by atoms with Crippen LogP contribution in [0.3, 0.4) is 0 Å². The van der Waals surface area contributed by atoms with Crippen LogP contribution >= 0.6 is 0 Å². The lowest BCUT2D eigenvalue weighted by atomic mass is 9.46. The maximum Gasteiger partial charge on any atom is 0.187 e. The van der Waals surface area contributed by atoms with Crippen LogP contribution in [0.2, 0.25) is 0 Å². The van der Waals surface area contributed by atoms with Gasteiger partial charge >= 0.3 is 0 Å². The van der Waals surface area contributed by atoms with E-state index in [1.165, 1.54) is 12.5 Å². The van der Waals surface area contributed by atoms with Crippen molar-refractivity contribution in [2.75, 3.05) is 26.9 Å². The average Bonchev–Trinajstić information content (AvgIpc) is 3.73. The highest BCUT2D eigenvalue weighted by atomic mass is 16.8. The molecular weight excluding hydrogens is 856 g/mol. The minimum Gasteiger partial charge on any atom is -0.394 e. The fourth-order valence-corrected chi connectivity index (χ4v) is 13.8. The van der Waals surface area contributed by atoms with Crippen molar-refractivity contribution in [3.8, 4) is 0 Å². The van der Waals surface area contributed by atoms with Gasteiger partial charge in [0.15, 0.2) is 24.7 Å². The molecule has 0 aromatic heterocycles. The van der Waals surface area contributed by atoms with Crippen molar-refractivity contribution >= 4 is 0 Å². The minimum absolute atomic E-state index is 0.000875. The number of hydrogen-bond acceptors (Lipinski definition) is 19. The summed E-state index contributed by atoms with van der Waals surface area (Å²) in [6.07, 6.45) is -14.8. The molecule has 0 unspecified atom stereocenters. The van der Waals surface area contributed by atoms with E-state index >= 15 is 0 Å². The third-order valence-electron chi connectivity index (χ3n) is 17.4. The first-order valence-electron chi connectivity index (χ1n) is 23.6. The minimum atomic E-state index is -1.67. The summed E-state index contributed by atoms with van der Waals surface area (Å²) in [4.78, 5) is 0. The second-order valence-corrected chi connectivity index (χ2v) is 20.9. The molecule has 65 heavy (non-hydrogen) atoms. The van der Waals surface area contributed by atoms with E-state index < -0.39 is 123 Å². The van der Waals surface area contributed by atoms with Crippen LogP contribution in [0.4, 0.5) is 0 Å². The van der Waals surface area contributed by atoms with Gasteiger partial charge in [0.05, 0.1) is 44.2 Å². The van der Waals surface area contributed by atoms with Crippen LogP contribution < -0.4 is 0 Å². The molecule has 8 aliphatic rings. The summed E-state index contributed by atoms with van der Waals surface area (Å²) in [6.45, 7) is 11.2. The van der Waals surface area contributed by atoms with Crippen molar-refractivity contribution in [2.45, 2.75) is 195 Å². The number of methoxy groups -OCH3 is 1. The highest BCUT2D eigenvalue weighted by molar-refractivity contribution is 5.28. The van der Waals surface area contributed by atoms with Crippen LogP contribution in [-0.2, 0) is 37.9 Å². The van der Waals surface area contributed by atoms with E-state index in [4.69, 9.17) is 37.9 Å². The Balaban J connectivity index is 0.914. The number of aliphatic hydroxyl groups excluding tert-OH is 11. The quantitative estimate of drug-likeness (QED) is 0.0959. The number of rotatable bonds is 13. The molecule has 0 aromatic rings. The molecule has 0 amide bonds. The standard InChI is InChI=1S/C46H74O19/c1-19(18-59-41-38(56)36(54)33(51)28(16-47)62-41)9-12-46(58-6)20(2)30-27(65-46)14-25-24-8-7-22-13-23(10-11-44(22,4)31(24)26(49)15-45(25,30)5)61-43-40(37(55)34(52)29(17-48)63-43)64-42-39(57)35(53)32(50)21(3)60-42/h7,20-21,23-43,47-57H,1,8-18H2,2-6H3/t20-,21-,23-,24-,25-,26+,27-,28+,29+,30-,31+,32-,33+,34+,35+,36-,37-,38+,39+,40+,41+,42-,43+,44-,45-,46+/m0/s1. The Morgan fingerprint density at radius 2 is 1.43 bits per heavy atom. The Morgan fingerprint density at radius 1 is 0.785 bits per heavy atom. The second kappa shape index (κ2) is 19.1. The molecule has 19 heteroatoms. The topological polar surface area (TPSA) is 296 Å². The summed E-state index contributed by atoms with van der Waals surface area (Å²) >= 11 is 0. The smallest absolute Gasteiger partial charge is 0.187 e. The van der Waals surface area contributed by atoms with Gasteiger partial charge in [0.2, 0.25) is 0 Å². The molecular formula is C46H74O19. The maximum atomic E-state index is 12.3. The van der Waals surface area contributed by atoms with Crippen molar-refractivity contribution in [3.63, 3.8) is 0 Å². The van der Waals surface area contributed by atoms with Gasteiger partial charge in [0.1, 0.15) is 67.1 Å². The van der Waals surface area contributed by atoms with Gasteiger partial charge in [-0.15, -0.1) is 0 Å². The van der Waals surface area contributed by atoms with Crippen molar-refractivity contribution in [3.05, 3.63) is 23.8 Å². The molecule has 4 saturated heterocycles. The van der Waals surface area contributed by atoms with Crippen LogP contribution in [0.15, 0.2) is 23.8 Å². The molecule has 26 atom stereocenters. The average molecular weight is 931 g/mol. The Labute approximate surface area is 379 Å². The van der Waals surface area contributed by atoms with Gasteiger partial charge in [-0.2, -0.15) is 0 Å². The van der Waals surface area contributed by atoms with Crippen LogP contribution in [-0.4, -0.2) is 199 Å². The summed E-state index contributed by atoms with van der Waals surface area (Å²) < 4.78 is 48.5. The molecule has 4 heterocycles. The van der Waals surface area contributed by atoms with Gasteiger partial charge in [0, 0.05) is 19.4 Å². The number of aliphatic hydroxyl groups is 11. The van der Waals surface area contributed by atoms with Crippen LogP contribution in [0.25, 0.3) is 0 Å². The van der Waals surface area contributed by atoms with Crippen molar-refractivity contribution in [2.24, 2.45) is 40.4 Å². The lowest BCUT2D eigenvalue weighted by Gasteiger charge is -2.60. The number of ether oxygens (including phenoxy) is 8. The van der Waals surface area contributed by atoms with Crippen LogP contribution in [0.5, 0.6) is 0 Å². The van der Waals surface area contributed by atoms with Gasteiger partial charge in [-0.25, -0.2) is 0 Å². The molecule has 11 N–H and O–H groups in total. The van der Waals surface area contributed by atoms with E-state index in [1.807, 2.05) is 0 Å². The molecule has 8 rings (SSSR count). The molecule has 4 aliphatic heterocycles. The SMILES string of the molecule is C=C(CC[C@@]1(OC)O[C@H]2C[C@H]3[C@@H]4CC=C5C[C@@H](O[C@@H]6O[C@H](CO)[C@@H](O)[C@H](O)[C@H]6O[C@@H]6O[C@@H](C)[C@H](O)[C@@H](O)[C@H]6O)CC[C@]5(C)[C@H]4[C@H](O)C[C@]3(C)[C@H]2[C@@H]1C)CO[C@@H]1O[C@H](CO)[C@@H](O)[C@H](O)[C@H]1O. The monoisotopic (exact) mass is 930 g/mol. The largest absolute Gasteiger partial charge is 0.394 e. The summed E-state index contributed by atoms with van der Waals surface area (Å²) in [5, 5.41) is 116. The molecule has 0 radical (unpaired) electrons. The van der Waals surface area contributed by atoms with Crippen molar-refractivity contribution < 1.29 is 94.1 Å². The first-order chi connectivity index (χ1) is 30.7. The molecule has 372 valence electrons. The molecule has 7 fully saturated rings. The zero-order chi connectivity index (χ0) is 47.1. The molecule has 4 aliphatic carbocycles. The summed E-state index contributed by atoms with van der Waals surface area (Å²) in [5.74, 6) is -0.354. The van der Waals surface area contributed by atoms with Gasteiger partial charge in [-0.05, 0) is 86.4 Å². The fraction of sp³-hybridized carbons (Fsp3) is 0.913. The Bertz CT molecular complexity index is 1700. The van der Waals surface area contributed by atoms with Crippen LogP contribution in [0, 0.1) is 40.4 Å². The van der Waals surface area contributed by atoms with E-state index in [9.17, 15) is 56.2 Å². The first kappa shape index (κ1) is 50.1. The van der Waals surface area contributed by atoms with Gasteiger partial charge in [-0.3, -0.25) is 0 Å². The highest BCUT2D eigenvalue weighted by Crippen LogP contribution is 2.70. The fourth-order valence-electron chi connectivity index (χ4n) is 13.8. The summed E-state index contributed by atoms with van der Waals surface area (Å²) in [5.41, 5.74) is 1.28. The van der Waals surface area contributed by atoms with Gasteiger partial charge < -0.3 is 94.1 Å². The molecule has 0 bridgehead atoms. The first-order valence-corrected chi connectivity index (χ1v) is 23.6. The molecule has 0 aromatic carbocycles. The van der Waals surface area contributed by atoms with E-state index in [0.29, 0.717) is 44.1 Å². The van der Waals surface area contributed by atoms with Crippen molar-refractivity contribution in [1.82, 2.24) is 0 Å². The number of fused-ring (bicyclic) bond motifs is 7. The normalized spacial score (nSPS) is 54.3. The maximum absolute atomic E-state index is 12.3.